The smallest absolute Gasteiger partial charge is 0.130 e. The molecule has 1 aliphatic rings. The molecule has 0 bridgehead atoms. The number of hydrogen-bond donors (Lipinski definition) is 2. The van der Waals surface area contributed by atoms with Crippen molar-refractivity contribution in [1.29, 1.82) is 0 Å². The highest BCUT2D eigenvalue weighted by molar-refractivity contribution is 5.55. The Kier molecular flexibility index (Phi) is 2.76. The first-order valence-corrected chi connectivity index (χ1v) is 5.67. The normalized spacial score (nSPS) is 25.8. The van der Waals surface area contributed by atoms with Gasteiger partial charge in [0.2, 0.25) is 0 Å². The molecule has 0 aromatic carbocycles. The zero-order valence-electron chi connectivity index (χ0n) is 9.90. The van der Waals surface area contributed by atoms with Crippen LogP contribution in [0.4, 0.5) is 11.5 Å². The number of nitrogens with zero attached hydrogens (tertiary/aromatic N) is 2. The van der Waals surface area contributed by atoms with Crippen molar-refractivity contribution in [2.24, 2.45) is 0 Å². The van der Waals surface area contributed by atoms with E-state index in [1.54, 1.807) is 6.20 Å². The van der Waals surface area contributed by atoms with Crippen LogP contribution in [0.3, 0.4) is 0 Å². The average molecular weight is 221 g/mol. The van der Waals surface area contributed by atoms with Crippen molar-refractivity contribution in [2.45, 2.75) is 32.3 Å². The predicted octanol–water partition coefficient (Wildman–Crippen LogP) is 1.32. The molecule has 4 heteroatoms. The van der Waals surface area contributed by atoms with E-state index in [2.05, 4.69) is 9.88 Å². The molecular formula is C12H19N3O. The van der Waals surface area contributed by atoms with Gasteiger partial charge in [-0.25, -0.2) is 4.98 Å². The minimum atomic E-state index is -0.612. The van der Waals surface area contributed by atoms with Crippen LogP contribution in [0, 0.1) is 6.92 Å². The van der Waals surface area contributed by atoms with Crippen LogP contribution in [-0.2, 0) is 0 Å². The van der Waals surface area contributed by atoms with Gasteiger partial charge in [-0.1, -0.05) is 0 Å². The Labute approximate surface area is 96.1 Å². The molecule has 1 saturated heterocycles. The molecule has 2 rings (SSSR count). The van der Waals surface area contributed by atoms with Crippen LogP contribution < -0.4 is 10.6 Å². The van der Waals surface area contributed by atoms with E-state index in [0.29, 0.717) is 6.54 Å². The van der Waals surface area contributed by atoms with Crippen molar-refractivity contribution < 1.29 is 5.11 Å². The van der Waals surface area contributed by atoms with Gasteiger partial charge >= 0.3 is 0 Å². The lowest BCUT2D eigenvalue weighted by molar-refractivity contribution is 0.0447. The number of aliphatic hydroxyl groups is 1. The van der Waals surface area contributed by atoms with E-state index in [4.69, 9.17) is 5.73 Å². The van der Waals surface area contributed by atoms with Crippen LogP contribution in [0.2, 0.25) is 0 Å². The summed E-state index contributed by atoms with van der Waals surface area (Å²) in [6.45, 7) is 5.38. The number of hydrogen-bond acceptors (Lipinski definition) is 4. The van der Waals surface area contributed by atoms with Gasteiger partial charge in [-0.3, -0.25) is 0 Å². The number of pyridine rings is 1. The van der Waals surface area contributed by atoms with E-state index in [0.717, 1.165) is 36.5 Å². The standard InChI is InChI=1S/C12H19N3O/c1-9-7-14-11(6-10(9)13)15-5-3-4-12(2,16)8-15/h6-7,16H,3-5,8H2,1-2H3,(H2,13,14). The highest BCUT2D eigenvalue weighted by Crippen LogP contribution is 2.25. The monoisotopic (exact) mass is 221 g/mol. The van der Waals surface area contributed by atoms with Gasteiger partial charge in [-0.2, -0.15) is 0 Å². The van der Waals surface area contributed by atoms with Gasteiger partial charge < -0.3 is 15.7 Å². The molecule has 16 heavy (non-hydrogen) atoms. The molecule has 0 saturated carbocycles. The summed E-state index contributed by atoms with van der Waals surface area (Å²) in [4.78, 5) is 6.46. The molecule has 88 valence electrons. The molecule has 0 radical (unpaired) electrons. The van der Waals surface area contributed by atoms with E-state index in [9.17, 15) is 5.11 Å². The van der Waals surface area contributed by atoms with Crippen molar-refractivity contribution in [2.75, 3.05) is 23.7 Å². The van der Waals surface area contributed by atoms with E-state index in [1.807, 2.05) is 19.9 Å². The van der Waals surface area contributed by atoms with Crippen molar-refractivity contribution in [3.05, 3.63) is 17.8 Å². The van der Waals surface area contributed by atoms with Gasteiger partial charge in [0, 0.05) is 31.0 Å². The van der Waals surface area contributed by atoms with Gasteiger partial charge in [0.15, 0.2) is 0 Å². The Bertz CT molecular complexity index is 390. The van der Waals surface area contributed by atoms with Crippen molar-refractivity contribution in [3.63, 3.8) is 0 Å². The molecule has 4 nitrogen and oxygen atoms in total. The average Bonchev–Trinajstić information content (AvgIpc) is 2.20. The maximum Gasteiger partial charge on any atom is 0.130 e. The largest absolute Gasteiger partial charge is 0.398 e. The summed E-state index contributed by atoms with van der Waals surface area (Å²) < 4.78 is 0. The highest BCUT2D eigenvalue weighted by Gasteiger charge is 2.28. The van der Waals surface area contributed by atoms with Crippen molar-refractivity contribution in [1.82, 2.24) is 4.98 Å². The summed E-state index contributed by atoms with van der Waals surface area (Å²) in [7, 11) is 0. The SMILES string of the molecule is Cc1cnc(N2CCCC(C)(O)C2)cc1N. The van der Waals surface area contributed by atoms with Crippen LogP contribution in [0.5, 0.6) is 0 Å². The zero-order chi connectivity index (χ0) is 11.8. The lowest BCUT2D eigenvalue weighted by Gasteiger charge is -2.37. The third-order valence-corrected chi connectivity index (χ3v) is 3.13. The van der Waals surface area contributed by atoms with Crippen LogP contribution in [0.1, 0.15) is 25.3 Å². The Hall–Kier alpha value is -1.29. The Morgan fingerprint density at radius 3 is 2.94 bits per heavy atom. The fourth-order valence-electron chi connectivity index (χ4n) is 2.12. The number of nitrogens with two attached hydrogens (primary N) is 1. The number of β-amino-alcohol motifs (C(OH)–C–C–N with tert-alkyl or cyclic N) is 1. The molecule has 1 aromatic heterocycles. The van der Waals surface area contributed by atoms with Crippen LogP contribution in [0.25, 0.3) is 0 Å². The number of aryl methyl sites for hydroxylation is 1. The molecule has 1 unspecified atom stereocenters. The first kappa shape index (κ1) is 11.2. The number of anilines is 2. The molecule has 0 amide bonds. The summed E-state index contributed by atoms with van der Waals surface area (Å²) in [5, 5.41) is 10.0. The van der Waals surface area contributed by atoms with Crippen LogP contribution in [-0.4, -0.2) is 28.8 Å². The van der Waals surface area contributed by atoms with Gasteiger partial charge in [0.05, 0.1) is 5.60 Å². The van der Waals surface area contributed by atoms with E-state index < -0.39 is 5.60 Å². The van der Waals surface area contributed by atoms with Crippen LogP contribution >= 0.6 is 0 Å². The fraction of sp³-hybridized carbons (Fsp3) is 0.583. The molecule has 1 aliphatic heterocycles. The number of piperidine rings is 1. The number of rotatable bonds is 1. The highest BCUT2D eigenvalue weighted by atomic mass is 16.3. The maximum absolute atomic E-state index is 10.0. The summed E-state index contributed by atoms with van der Waals surface area (Å²) in [6, 6.07) is 1.89. The summed E-state index contributed by atoms with van der Waals surface area (Å²) >= 11 is 0. The summed E-state index contributed by atoms with van der Waals surface area (Å²) in [5.41, 5.74) is 7.01. The lowest BCUT2D eigenvalue weighted by atomic mass is 9.95. The summed E-state index contributed by atoms with van der Waals surface area (Å²) in [6.07, 6.45) is 3.63. The van der Waals surface area contributed by atoms with Gasteiger partial charge in [0.25, 0.3) is 0 Å². The van der Waals surface area contributed by atoms with Gasteiger partial charge in [-0.15, -0.1) is 0 Å². The minimum Gasteiger partial charge on any atom is -0.398 e. The van der Waals surface area contributed by atoms with E-state index >= 15 is 0 Å². The zero-order valence-corrected chi connectivity index (χ0v) is 9.90. The molecule has 0 aliphatic carbocycles. The first-order chi connectivity index (χ1) is 7.48. The third kappa shape index (κ3) is 2.27. The van der Waals surface area contributed by atoms with Gasteiger partial charge in [-0.05, 0) is 32.3 Å². The molecule has 1 atom stereocenters. The Morgan fingerprint density at radius 2 is 2.31 bits per heavy atom. The molecule has 2 heterocycles. The summed E-state index contributed by atoms with van der Waals surface area (Å²) in [5.74, 6) is 0.864. The molecule has 0 spiro atoms. The second kappa shape index (κ2) is 3.94. The van der Waals surface area contributed by atoms with Gasteiger partial charge in [0.1, 0.15) is 5.82 Å². The Balaban J connectivity index is 2.20. The minimum absolute atomic E-state index is 0.612. The van der Waals surface area contributed by atoms with Crippen molar-refractivity contribution >= 4 is 11.5 Å². The van der Waals surface area contributed by atoms with E-state index in [1.165, 1.54) is 0 Å². The topological polar surface area (TPSA) is 62.4 Å². The molecule has 1 fully saturated rings. The fourth-order valence-corrected chi connectivity index (χ4v) is 2.12. The van der Waals surface area contributed by atoms with E-state index in [-0.39, 0.29) is 0 Å². The van der Waals surface area contributed by atoms with Crippen LogP contribution in [0.15, 0.2) is 12.3 Å². The maximum atomic E-state index is 10.0. The second-order valence-corrected chi connectivity index (χ2v) is 4.92. The predicted molar refractivity (Wildman–Crippen MR) is 65.5 cm³/mol. The number of nitrogen functional groups attached to an aromatic ring is 1. The lowest BCUT2D eigenvalue weighted by Crippen LogP contribution is -2.46. The molecule has 3 N–H and O–H groups in total. The second-order valence-electron chi connectivity index (χ2n) is 4.92. The number of aromatic nitrogens is 1. The molecule has 1 aromatic rings. The van der Waals surface area contributed by atoms with Crippen molar-refractivity contribution in [3.8, 4) is 0 Å². The quantitative estimate of drug-likeness (QED) is 0.751. The Morgan fingerprint density at radius 1 is 1.56 bits per heavy atom. The first-order valence-electron chi connectivity index (χ1n) is 5.67. The molecular weight excluding hydrogens is 202 g/mol. The third-order valence-electron chi connectivity index (χ3n) is 3.13.